The first-order chi connectivity index (χ1) is 10.3. The van der Waals surface area contributed by atoms with Gasteiger partial charge < -0.3 is 19.5 Å². The Balaban J connectivity index is 2.20. The van der Waals surface area contributed by atoms with Crippen molar-refractivity contribution in [3.8, 4) is 0 Å². The van der Waals surface area contributed by atoms with E-state index in [0.717, 1.165) is 19.4 Å². The molecule has 0 fully saturated rings. The van der Waals surface area contributed by atoms with E-state index in [2.05, 4.69) is 37.4 Å². The van der Waals surface area contributed by atoms with E-state index in [0.29, 0.717) is 33.0 Å². The smallest absolute Gasteiger partial charge is 0.0701 e. The molecule has 0 aliphatic rings. The van der Waals surface area contributed by atoms with E-state index < -0.39 is 0 Å². The Morgan fingerprint density at radius 3 is 2.00 bits per heavy atom. The molecule has 0 unspecified atom stereocenters. The highest BCUT2D eigenvalue weighted by Crippen LogP contribution is 2.22. The van der Waals surface area contributed by atoms with E-state index in [1.807, 2.05) is 0 Å². The monoisotopic (exact) mass is 295 g/mol. The molecule has 0 saturated carbocycles. The molecule has 0 saturated heterocycles. The first-order valence-electron chi connectivity index (χ1n) is 7.82. The summed E-state index contributed by atoms with van der Waals surface area (Å²) in [4.78, 5) is 0. The summed E-state index contributed by atoms with van der Waals surface area (Å²) in [5.74, 6) is 0. The summed E-state index contributed by atoms with van der Waals surface area (Å²) in [6.45, 7) is 8.39. The van der Waals surface area contributed by atoms with Crippen LogP contribution >= 0.6 is 0 Å². The molecule has 0 spiro atoms. The zero-order chi connectivity index (χ0) is 15.3. The number of para-hydroxylation sites is 1. The van der Waals surface area contributed by atoms with Crippen molar-refractivity contribution >= 4 is 5.69 Å². The highest BCUT2D eigenvalue weighted by molar-refractivity contribution is 5.57. The third-order valence-electron chi connectivity index (χ3n) is 3.35. The van der Waals surface area contributed by atoms with Gasteiger partial charge in [-0.05, 0) is 24.0 Å². The maximum Gasteiger partial charge on any atom is 0.0701 e. The number of rotatable bonds is 12. The van der Waals surface area contributed by atoms with Gasteiger partial charge in [-0.1, -0.05) is 32.0 Å². The topological polar surface area (TPSA) is 39.7 Å². The van der Waals surface area contributed by atoms with Crippen molar-refractivity contribution in [2.75, 3.05) is 52.0 Å². The van der Waals surface area contributed by atoms with Crippen LogP contribution in [0.3, 0.4) is 0 Å². The molecule has 0 heterocycles. The zero-order valence-corrected chi connectivity index (χ0v) is 13.6. The first kappa shape index (κ1) is 18.0. The number of benzene rings is 1. The summed E-state index contributed by atoms with van der Waals surface area (Å²) in [7, 11) is 1.67. The van der Waals surface area contributed by atoms with Crippen LogP contribution in [0.5, 0.6) is 0 Å². The third kappa shape index (κ3) is 6.93. The predicted octanol–water partition coefficient (Wildman–Crippen LogP) is 2.90. The highest BCUT2D eigenvalue weighted by Gasteiger charge is 2.04. The molecule has 0 radical (unpaired) electrons. The SMILES string of the molecule is CCc1cccc(CC)c1NCCOCCOCCOC. The molecule has 1 rings (SSSR count). The number of aryl methyl sites for hydroxylation is 2. The maximum absolute atomic E-state index is 5.55. The Morgan fingerprint density at radius 1 is 0.857 bits per heavy atom. The summed E-state index contributed by atoms with van der Waals surface area (Å²) < 4.78 is 15.8. The number of hydrogen-bond donors (Lipinski definition) is 1. The van der Waals surface area contributed by atoms with Gasteiger partial charge in [0.05, 0.1) is 33.0 Å². The van der Waals surface area contributed by atoms with Crippen molar-refractivity contribution in [3.05, 3.63) is 29.3 Å². The number of hydrogen-bond acceptors (Lipinski definition) is 4. The standard InChI is InChI=1S/C17H29NO3/c1-4-15-7-6-8-16(5-2)17(15)18-9-10-20-13-14-21-12-11-19-3/h6-8,18H,4-5,9-14H2,1-3H3. The predicted molar refractivity (Wildman–Crippen MR) is 87.2 cm³/mol. The average Bonchev–Trinajstić information content (AvgIpc) is 2.53. The molecule has 0 aliphatic carbocycles. The van der Waals surface area contributed by atoms with Crippen LogP contribution in [0.25, 0.3) is 0 Å². The van der Waals surface area contributed by atoms with E-state index in [4.69, 9.17) is 14.2 Å². The van der Waals surface area contributed by atoms with Crippen molar-refractivity contribution in [2.45, 2.75) is 26.7 Å². The lowest BCUT2D eigenvalue weighted by molar-refractivity contribution is 0.0272. The second-order valence-electron chi connectivity index (χ2n) is 4.80. The van der Waals surface area contributed by atoms with Crippen LogP contribution < -0.4 is 5.32 Å². The fourth-order valence-corrected chi connectivity index (χ4v) is 2.18. The van der Waals surface area contributed by atoms with E-state index in [1.165, 1.54) is 16.8 Å². The largest absolute Gasteiger partial charge is 0.382 e. The van der Waals surface area contributed by atoms with E-state index in [9.17, 15) is 0 Å². The van der Waals surface area contributed by atoms with E-state index >= 15 is 0 Å². The second kappa shape index (κ2) is 11.5. The minimum Gasteiger partial charge on any atom is -0.382 e. The van der Waals surface area contributed by atoms with Gasteiger partial charge in [0.1, 0.15) is 0 Å². The number of ether oxygens (including phenoxy) is 3. The second-order valence-corrected chi connectivity index (χ2v) is 4.80. The maximum atomic E-state index is 5.55. The summed E-state index contributed by atoms with van der Waals surface area (Å²) in [5.41, 5.74) is 4.02. The molecule has 21 heavy (non-hydrogen) atoms. The molecular formula is C17H29NO3. The van der Waals surface area contributed by atoms with Gasteiger partial charge in [-0.3, -0.25) is 0 Å². The van der Waals surface area contributed by atoms with Gasteiger partial charge in [0.25, 0.3) is 0 Å². The molecule has 0 aromatic heterocycles. The summed E-state index contributed by atoms with van der Waals surface area (Å²) in [6, 6.07) is 6.51. The number of nitrogens with one attached hydrogen (secondary N) is 1. The number of anilines is 1. The molecule has 4 nitrogen and oxygen atoms in total. The first-order valence-corrected chi connectivity index (χ1v) is 7.82. The Hall–Kier alpha value is -1.10. The fraction of sp³-hybridized carbons (Fsp3) is 0.647. The molecule has 1 aromatic carbocycles. The average molecular weight is 295 g/mol. The number of methoxy groups -OCH3 is 1. The molecule has 120 valence electrons. The van der Waals surface area contributed by atoms with Crippen LogP contribution in [-0.4, -0.2) is 46.7 Å². The molecule has 4 heteroatoms. The molecule has 1 aromatic rings. The lowest BCUT2D eigenvalue weighted by atomic mass is 10.0. The van der Waals surface area contributed by atoms with Crippen LogP contribution in [0, 0.1) is 0 Å². The Kier molecular flexibility index (Phi) is 9.87. The lowest BCUT2D eigenvalue weighted by Crippen LogP contribution is -2.15. The normalized spacial score (nSPS) is 10.8. The van der Waals surface area contributed by atoms with Gasteiger partial charge in [-0.2, -0.15) is 0 Å². The van der Waals surface area contributed by atoms with Crippen LogP contribution in [-0.2, 0) is 27.1 Å². The van der Waals surface area contributed by atoms with Crippen molar-refractivity contribution in [1.82, 2.24) is 0 Å². The van der Waals surface area contributed by atoms with Crippen molar-refractivity contribution in [3.63, 3.8) is 0 Å². The quantitative estimate of drug-likeness (QED) is 0.602. The van der Waals surface area contributed by atoms with Gasteiger partial charge in [0, 0.05) is 19.3 Å². The molecule has 0 atom stereocenters. The van der Waals surface area contributed by atoms with E-state index in [-0.39, 0.29) is 0 Å². The van der Waals surface area contributed by atoms with Crippen LogP contribution in [0.2, 0.25) is 0 Å². The van der Waals surface area contributed by atoms with Gasteiger partial charge in [-0.15, -0.1) is 0 Å². The van der Waals surface area contributed by atoms with Gasteiger partial charge in [0.15, 0.2) is 0 Å². The van der Waals surface area contributed by atoms with Gasteiger partial charge in [-0.25, -0.2) is 0 Å². The fourth-order valence-electron chi connectivity index (χ4n) is 2.18. The van der Waals surface area contributed by atoms with Crippen molar-refractivity contribution in [2.24, 2.45) is 0 Å². The Bertz CT molecular complexity index is 360. The molecule has 0 amide bonds. The van der Waals surface area contributed by atoms with Crippen LogP contribution in [0.15, 0.2) is 18.2 Å². The van der Waals surface area contributed by atoms with Crippen LogP contribution in [0.4, 0.5) is 5.69 Å². The van der Waals surface area contributed by atoms with Gasteiger partial charge in [0.2, 0.25) is 0 Å². The summed E-state index contributed by atoms with van der Waals surface area (Å²) in [6.07, 6.45) is 2.09. The lowest BCUT2D eigenvalue weighted by Gasteiger charge is -2.15. The molecule has 0 bridgehead atoms. The molecule has 0 aliphatic heterocycles. The van der Waals surface area contributed by atoms with E-state index in [1.54, 1.807) is 7.11 Å². The minimum absolute atomic E-state index is 0.620. The minimum atomic E-state index is 0.620. The summed E-state index contributed by atoms with van der Waals surface area (Å²) >= 11 is 0. The molecular weight excluding hydrogens is 266 g/mol. The Morgan fingerprint density at radius 2 is 1.43 bits per heavy atom. The molecule has 1 N–H and O–H groups in total. The zero-order valence-electron chi connectivity index (χ0n) is 13.6. The van der Waals surface area contributed by atoms with Crippen LogP contribution in [0.1, 0.15) is 25.0 Å². The summed E-state index contributed by atoms with van der Waals surface area (Å²) in [5, 5.41) is 3.51. The Labute approximate surface area is 128 Å². The van der Waals surface area contributed by atoms with Crippen molar-refractivity contribution < 1.29 is 14.2 Å². The van der Waals surface area contributed by atoms with Crippen molar-refractivity contribution in [1.29, 1.82) is 0 Å². The third-order valence-corrected chi connectivity index (χ3v) is 3.35. The highest BCUT2D eigenvalue weighted by atomic mass is 16.5. The van der Waals surface area contributed by atoms with Gasteiger partial charge >= 0.3 is 0 Å².